The first kappa shape index (κ1) is 14.9. The second-order valence-corrected chi connectivity index (χ2v) is 4.81. The maximum Gasteiger partial charge on any atom is 0.131 e. The molecule has 1 aromatic rings. The van der Waals surface area contributed by atoms with Crippen molar-refractivity contribution in [3.63, 3.8) is 0 Å². The minimum absolute atomic E-state index is 0.0403. The summed E-state index contributed by atoms with van der Waals surface area (Å²) in [6.07, 6.45) is 0. The minimum atomic E-state index is -0.296. The number of hydrogen-bond donors (Lipinski definition) is 2. The lowest BCUT2D eigenvalue weighted by Crippen LogP contribution is -2.38. The van der Waals surface area contributed by atoms with E-state index >= 15 is 0 Å². The van der Waals surface area contributed by atoms with E-state index in [-0.39, 0.29) is 24.5 Å². The third-order valence-corrected chi connectivity index (χ3v) is 3.14. The predicted octanol–water partition coefficient (Wildman–Crippen LogP) is 2.50. The maximum absolute atomic E-state index is 13.9. The number of aliphatic hydroxyl groups is 1. The molecule has 102 valence electrons. The van der Waals surface area contributed by atoms with Crippen molar-refractivity contribution >= 4 is 0 Å². The van der Waals surface area contributed by atoms with E-state index in [2.05, 4.69) is 5.32 Å². The Bertz CT molecular complexity index is 382. The van der Waals surface area contributed by atoms with Gasteiger partial charge < -0.3 is 15.2 Å². The van der Waals surface area contributed by atoms with Gasteiger partial charge in [0.05, 0.1) is 13.7 Å². The van der Waals surface area contributed by atoms with Gasteiger partial charge in [0, 0.05) is 23.7 Å². The highest BCUT2D eigenvalue weighted by molar-refractivity contribution is 5.30. The van der Waals surface area contributed by atoms with Crippen molar-refractivity contribution in [2.75, 3.05) is 13.7 Å². The van der Waals surface area contributed by atoms with Gasteiger partial charge in [-0.15, -0.1) is 0 Å². The van der Waals surface area contributed by atoms with Crippen LogP contribution in [0, 0.1) is 11.7 Å². The fourth-order valence-electron chi connectivity index (χ4n) is 1.85. The number of ether oxygens (including phenoxy) is 1. The largest absolute Gasteiger partial charge is 0.497 e. The summed E-state index contributed by atoms with van der Waals surface area (Å²) in [6, 6.07) is 4.62. The summed E-state index contributed by atoms with van der Waals surface area (Å²) in [4.78, 5) is 0. The normalized spacial score (nSPS) is 14.6. The quantitative estimate of drug-likeness (QED) is 0.820. The van der Waals surface area contributed by atoms with E-state index in [0.29, 0.717) is 17.2 Å². The first-order valence-electron chi connectivity index (χ1n) is 6.20. The molecule has 0 aliphatic carbocycles. The Hall–Kier alpha value is -1.13. The number of nitrogens with one attached hydrogen (secondary N) is 1. The van der Waals surface area contributed by atoms with Crippen molar-refractivity contribution in [3.8, 4) is 5.75 Å². The van der Waals surface area contributed by atoms with Crippen molar-refractivity contribution in [3.05, 3.63) is 29.6 Å². The Labute approximate surface area is 108 Å². The number of methoxy groups -OCH3 is 1. The van der Waals surface area contributed by atoms with E-state index in [1.807, 2.05) is 20.8 Å². The van der Waals surface area contributed by atoms with Crippen LogP contribution in [0.5, 0.6) is 5.75 Å². The van der Waals surface area contributed by atoms with Crippen LogP contribution in [0.3, 0.4) is 0 Å². The van der Waals surface area contributed by atoms with Gasteiger partial charge in [0.1, 0.15) is 11.6 Å². The highest BCUT2D eigenvalue weighted by Gasteiger charge is 2.18. The molecule has 1 unspecified atom stereocenters. The molecule has 0 amide bonds. The highest BCUT2D eigenvalue weighted by atomic mass is 19.1. The van der Waals surface area contributed by atoms with Crippen molar-refractivity contribution in [2.45, 2.75) is 32.9 Å². The Morgan fingerprint density at radius 2 is 2.00 bits per heavy atom. The van der Waals surface area contributed by atoms with Crippen molar-refractivity contribution in [1.82, 2.24) is 5.32 Å². The van der Waals surface area contributed by atoms with Gasteiger partial charge in [-0.05, 0) is 18.9 Å². The molecule has 1 rings (SSSR count). The SMILES string of the molecule is COc1ccc(C(C)N[C@H](CO)C(C)C)c(F)c1. The molecule has 2 atom stereocenters. The van der Waals surface area contributed by atoms with Crippen molar-refractivity contribution in [1.29, 1.82) is 0 Å². The number of hydrogen-bond acceptors (Lipinski definition) is 3. The van der Waals surface area contributed by atoms with Gasteiger partial charge in [-0.25, -0.2) is 4.39 Å². The summed E-state index contributed by atoms with van der Waals surface area (Å²) in [5.74, 6) is 0.500. The van der Waals surface area contributed by atoms with E-state index in [4.69, 9.17) is 4.74 Å². The van der Waals surface area contributed by atoms with Crippen LogP contribution in [0.25, 0.3) is 0 Å². The van der Waals surface area contributed by atoms with Gasteiger partial charge in [-0.2, -0.15) is 0 Å². The average Bonchev–Trinajstić information content (AvgIpc) is 2.34. The van der Waals surface area contributed by atoms with E-state index in [1.54, 1.807) is 12.1 Å². The molecule has 0 saturated carbocycles. The third-order valence-electron chi connectivity index (χ3n) is 3.14. The molecule has 2 N–H and O–H groups in total. The first-order valence-corrected chi connectivity index (χ1v) is 6.20. The standard InChI is InChI=1S/C14H22FNO2/c1-9(2)14(8-17)16-10(3)12-6-5-11(18-4)7-13(12)15/h5-7,9-10,14,16-17H,8H2,1-4H3/t10?,14-/m1/s1. The van der Waals surface area contributed by atoms with Crippen molar-refractivity contribution < 1.29 is 14.2 Å². The van der Waals surface area contributed by atoms with Crippen LogP contribution in [0.2, 0.25) is 0 Å². The molecule has 0 spiro atoms. The Morgan fingerprint density at radius 1 is 1.33 bits per heavy atom. The molecule has 18 heavy (non-hydrogen) atoms. The molecule has 0 radical (unpaired) electrons. The summed E-state index contributed by atoms with van der Waals surface area (Å²) >= 11 is 0. The number of benzene rings is 1. The van der Waals surface area contributed by atoms with Gasteiger partial charge in [-0.3, -0.25) is 0 Å². The van der Waals surface area contributed by atoms with Gasteiger partial charge in [0.15, 0.2) is 0 Å². The van der Waals surface area contributed by atoms with Gasteiger partial charge in [0.25, 0.3) is 0 Å². The zero-order valence-corrected chi connectivity index (χ0v) is 11.4. The predicted molar refractivity (Wildman–Crippen MR) is 70.2 cm³/mol. The summed E-state index contributed by atoms with van der Waals surface area (Å²) in [6.45, 7) is 5.96. The summed E-state index contributed by atoms with van der Waals surface area (Å²) in [7, 11) is 1.51. The average molecular weight is 255 g/mol. The van der Waals surface area contributed by atoms with Crippen molar-refractivity contribution in [2.24, 2.45) is 5.92 Å². The maximum atomic E-state index is 13.9. The van der Waals surface area contributed by atoms with E-state index < -0.39 is 0 Å². The second-order valence-electron chi connectivity index (χ2n) is 4.81. The molecular weight excluding hydrogens is 233 g/mol. The molecule has 0 heterocycles. The van der Waals surface area contributed by atoms with Gasteiger partial charge >= 0.3 is 0 Å². The second kappa shape index (κ2) is 6.71. The van der Waals surface area contributed by atoms with Gasteiger partial charge in [0.2, 0.25) is 0 Å². The monoisotopic (exact) mass is 255 g/mol. The molecule has 0 aliphatic heterocycles. The van der Waals surface area contributed by atoms with Crippen LogP contribution in [0.4, 0.5) is 4.39 Å². The fourth-order valence-corrected chi connectivity index (χ4v) is 1.85. The fraction of sp³-hybridized carbons (Fsp3) is 0.571. The number of aliphatic hydroxyl groups excluding tert-OH is 1. The third kappa shape index (κ3) is 3.68. The molecule has 0 fully saturated rings. The smallest absolute Gasteiger partial charge is 0.131 e. The molecule has 4 heteroatoms. The molecule has 0 bridgehead atoms. The number of halogens is 1. The lowest BCUT2D eigenvalue weighted by Gasteiger charge is -2.25. The van der Waals surface area contributed by atoms with Crippen LogP contribution >= 0.6 is 0 Å². The molecular formula is C14H22FNO2. The van der Waals surface area contributed by atoms with Crippen LogP contribution in [0.15, 0.2) is 18.2 Å². The summed E-state index contributed by atoms with van der Waals surface area (Å²) in [5, 5.41) is 12.5. The molecule has 0 saturated heterocycles. The molecule has 3 nitrogen and oxygen atoms in total. The topological polar surface area (TPSA) is 41.5 Å². The van der Waals surface area contributed by atoms with E-state index in [0.717, 1.165) is 0 Å². The van der Waals surface area contributed by atoms with Crippen LogP contribution in [-0.2, 0) is 0 Å². The minimum Gasteiger partial charge on any atom is -0.497 e. The van der Waals surface area contributed by atoms with Crippen LogP contribution in [-0.4, -0.2) is 24.9 Å². The lowest BCUT2D eigenvalue weighted by molar-refractivity contribution is 0.200. The number of rotatable bonds is 6. The van der Waals surface area contributed by atoms with Crippen LogP contribution < -0.4 is 10.1 Å². The zero-order valence-electron chi connectivity index (χ0n) is 11.4. The summed E-state index contributed by atoms with van der Waals surface area (Å²) < 4.78 is 18.8. The molecule has 0 aromatic heterocycles. The Balaban J connectivity index is 2.80. The van der Waals surface area contributed by atoms with Gasteiger partial charge in [-0.1, -0.05) is 19.9 Å². The first-order chi connectivity index (χ1) is 8.49. The molecule has 1 aromatic carbocycles. The van der Waals surface area contributed by atoms with E-state index in [1.165, 1.54) is 13.2 Å². The Morgan fingerprint density at radius 3 is 2.44 bits per heavy atom. The lowest BCUT2D eigenvalue weighted by atomic mass is 10.0. The van der Waals surface area contributed by atoms with E-state index in [9.17, 15) is 9.50 Å². The van der Waals surface area contributed by atoms with Crippen LogP contribution in [0.1, 0.15) is 32.4 Å². The zero-order chi connectivity index (χ0) is 13.7. The Kier molecular flexibility index (Phi) is 5.56. The summed E-state index contributed by atoms with van der Waals surface area (Å²) in [5.41, 5.74) is 0.579. The highest BCUT2D eigenvalue weighted by Crippen LogP contribution is 2.22. The molecule has 0 aliphatic rings.